The first kappa shape index (κ1) is 12.7. The van der Waals surface area contributed by atoms with Gasteiger partial charge < -0.3 is 5.32 Å². The minimum Gasteiger partial charge on any atom is -0.348 e. The predicted molar refractivity (Wildman–Crippen MR) is 76.3 cm³/mol. The number of hydrogen-bond donors (Lipinski definition) is 1. The van der Waals surface area contributed by atoms with Gasteiger partial charge in [-0.1, -0.05) is 24.6 Å². The zero-order valence-electron chi connectivity index (χ0n) is 11.6. The highest BCUT2D eigenvalue weighted by Crippen LogP contribution is 2.27. The monoisotopic (exact) mass is 258 g/mol. The van der Waals surface area contributed by atoms with Crippen LogP contribution in [-0.2, 0) is 0 Å². The average molecular weight is 258 g/mol. The van der Waals surface area contributed by atoms with Gasteiger partial charge in [0.15, 0.2) is 0 Å². The van der Waals surface area contributed by atoms with Crippen molar-refractivity contribution in [3.8, 4) is 0 Å². The van der Waals surface area contributed by atoms with Gasteiger partial charge in [-0.05, 0) is 44.4 Å². The van der Waals surface area contributed by atoms with Crippen LogP contribution in [0.1, 0.15) is 41.6 Å². The van der Waals surface area contributed by atoms with E-state index < -0.39 is 0 Å². The normalized spacial score (nSPS) is 27.0. The van der Waals surface area contributed by atoms with Crippen molar-refractivity contribution in [3.63, 3.8) is 0 Å². The summed E-state index contributed by atoms with van der Waals surface area (Å²) < 4.78 is 0. The first-order valence-corrected chi connectivity index (χ1v) is 7.36. The molecule has 2 saturated heterocycles. The van der Waals surface area contributed by atoms with Crippen LogP contribution in [0.15, 0.2) is 24.3 Å². The second-order valence-corrected chi connectivity index (χ2v) is 5.78. The van der Waals surface area contributed by atoms with Crippen LogP contribution >= 0.6 is 0 Å². The molecule has 1 aromatic carbocycles. The number of carbonyl (C=O) groups is 1. The van der Waals surface area contributed by atoms with Crippen molar-refractivity contribution < 1.29 is 4.79 Å². The third-order valence-electron chi connectivity index (χ3n) is 4.56. The minimum atomic E-state index is 0.0931. The molecule has 3 nitrogen and oxygen atoms in total. The van der Waals surface area contributed by atoms with E-state index in [1.165, 1.54) is 25.8 Å². The molecule has 2 fully saturated rings. The number of aryl methyl sites for hydroxylation is 1. The van der Waals surface area contributed by atoms with Crippen LogP contribution in [0.5, 0.6) is 0 Å². The van der Waals surface area contributed by atoms with Crippen LogP contribution in [0, 0.1) is 6.92 Å². The topological polar surface area (TPSA) is 32.3 Å². The third-order valence-corrected chi connectivity index (χ3v) is 4.56. The van der Waals surface area contributed by atoms with Gasteiger partial charge in [-0.25, -0.2) is 0 Å². The standard InChI is InChI=1S/C16H22N2O/c1-12-6-2-3-7-13(12)16(19)17-14-9-11-18-10-5-4-8-15(14)18/h2-3,6-7,14-15H,4-5,8-11H2,1H3,(H,17,19)/t14-,15-/m0/s1. The maximum absolute atomic E-state index is 12.4. The smallest absolute Gasteiger partial charge is 0.251 e. The molecule has 2 atom stereocenters. The van der Waals surface area contributed by atoms with Gasteiger partial charge in [-0.3, -0.25) is 9.69 Å². The molecule has 1 N–H and O–H groups in total. The van der Waals surface area contributed by atoms with Crippen molar-refractivity contribution in [2.75, 3.05) is 13.1 Å². The Morgan fingerprint density at radius 3 is 2.89 bits per heavy atom. The summed E-state index contributed by atoms with van der Waals surface area (Å²) in [5.74, 6) is 0.0931. The third kappa shape index (κ3) is 2.52. The van der Waals surface area contributed by atoms with E-state index in [9.17, 15) is 4.79 Å². The van der Waals surface area contributed by atoms with Crippen molar-refractivity contribution in [2.45, 2.75) is 44.7 Å². The van der Waals surface area contributed by atoms with Crippen molar-refractivity contribution >= 4 is 5.91 Å². The molecule has 1 aromatic rings. The van der Waals surface area contributed by atoms with E-state index in [0.29, 0.717) is 12.1 Å². The van der Waals surface area contributed by atoms with Crippen LogP contribution in [-0.4, -0.2) is 36.0 Å². The summed E-state index contributed by atoms with van der Waals surface area (Å²) in [7, 11) is 0. The second-order valence-electron chi connectivity index (χ2n) is 5.78. The Hall–Kier alpha value is -1.35. The summed E-state index contributed by atoms with van der Waals surface area (Å²) in [5.41, 5.74) is 1.87. The number of amides is 1. The number of hydrogen-bond acceptors (Lipinski definition) is 2. The van der Waals surface area contributed by atoms with Crippen LogP contribution < -0.4 is 5.32 Å². The van der Waals surface area contributed by atoms with Crippen molar-refractivity contribution in [3.05, 3.63) is 35.4 Å². The Balaban J connectivity index is 1.68. The molecule has 3 rings (SSSR count). The highest BCUT2D eigenvalue weighted by Gasteiger charge is 2.36. The molecule has 0 spiro atoms. The van der Waals surface area contributed by atoms with E-state index in [2.05, 4.69) is 10.2 Å². The predicted octanol–water partition coefficient (Wildman–Crippen LogP) is 2.35. The Labute approximate surface area is 115 Å². The fourth-order valence-corrected chi connectivity index (χ4v) is 3.49. The lowest BCUT2D eigenvalue weighted by Crippen LogP contribution is -2.46. The van der Waals surface area contributed by atoms with E-state index in [0.717, 1.165) is 24.1 Å². The summed E-state index contributed by atoms with van der Waals surface area (Å²) in [5, 5.41) is 3.25. The summed E-state index contributed by atoms with van der Waals surface area (Å²) >= 11 is 0. The Morgan fingerprint density at radius 2 is 2.05 bits per heavy atom. The number of carbonyl (C=O) groups excluding carboxylic acids is 1. The van der Waals surface area contributed by atoms with Crippen molar-refractivity contribution in [1.29, 1.82) is 0 Å². The lowest BCUT2D eigenvalue weighted by Gasteiger charge is -2.32. The molecule has 0 radical (unpaired) electrons. The van der Waals surface area contributed by atoms with Crippen LogP contribution in [0.3, 0.4) is 0 Å². The Morgan fingerprint density at radius 1 is 1.21 bits per heavy atom. The molecule has 0 aromatic heterocycles. The summed E-state index contributed by atoms with van der Waals surface area (Å²) in [4.78, 5) is 14.9. The molecule has 1 amide bonds. The molecular formula is C16H22N2O. The van der Waals surface area contributed by atoms with Gasteiger partial charge in [0.05, 0.1) is 0 Å². The number of rotatable bonds is 2. The molecule has 0 saturated carbocycles. The van der Waals surface area contributed by atoms with Gasteiger partial charge >= 0.3 is 0 Å². The van der Waals surface area contributed by atoms with Crippen molar-refractivity contribution in [2.24, 2.45) is 0 Å². The van der Waals surface area contributed by atoms with E-state index in [4.69, 9.17) is 0 Å². The van der Waals surface area contributed by atoms with Gasteiger partial charge in [-0.2, -0.15) is 0 Å². The van der Waals surface area contributed by atoms with Gasteiger partial charge in [0.25, 0.3) is 5.91 Å². The average Bonchev–Trinajstić information content (AvgIpc) is 2.83. The maximum atomic E-state index is 12.4. The maximum Gasteiger partial charge on any atom is 0.251 e. The van der Waals surface area contributed by atoms with Gasteiger partial charge in [0, 0.05) is 24.2 Å². The number of benzene rings is 1. The zero-order valence-corrected chi connectivity index (χ0v) is 11.6. The first-order chi connectivity index (χ1) is 9.25. The van der Waals surface area contributed by atoms with Gasteiger partial charge in [0.1, 0.15) is 0 Å². The lowest BCUT2D eigenvalue weighted by atomic mass is 9.98. The largest absolute Gasteiger partial charge is 0.348 e. The number of piperidine rings is 1. The quantitative estimate of drug-likeness (QED) is 0.883. The van der Waals surface area contributed by atoms with E-state index in [-0.39, 0.29) is 5.91 Å². The molecular weight excluding hydrogens is 236 g/mol. The molecule has 0 aliphatic carbocycles. The number of nitrogens with one attached hydrogen (secondary N) is 1. The van der Waals surface area contributed by atoms with Crippen LogP contribution in [0.4, 0.5) is 0 Å². The molecule has 19 heavy (non-hydrogen) atoms. The second kappa shape index (κ2) is 5.33. The van der Waals surface area contributed by atoms with Gasteiger partial charge in [0.2, 0.25) is 0 Å². The summed E-state index contributed by atoms with van der Waals surface area (Å²) in [6.07, 6.45) is 4.95. The SMILES string of the molecule is Cc1ccccc1C(=O)N[C@H]1CCN2CCCC[C@@H]12. The highest BCUT2D eigenvalue weighted by molar-refractivity contribution is 5.95. The lowest BCUT2D eigenvalue weighted by molar-refractivity contribution is 0.0914. The minimum absolute atomic E-state index is 0.0931. The van der Waals surface area contributed by atoms with Crippen LogP contribution in [0.2, 0.25) is 0 Å². The Bertz CT molecular complexity index is 472. The number of nitrogens with zero attached hydrogens (tertiary/aromatic N) is 1. The highest BCUT2D eigenvalue weighted by atomic mass is 16.1. The molecule has 2 heterocycles. The molecule has 2 aliphatic rings. The first-order valence-electron chi connectivity index (χ1n) is 7.36. The van der Waals surface area contributed by atoms with E-state index in [1.54, 1.807) is 0 Å². The van der Waals surface area contributed by atoms with Crippen molar-refractivity contribution in [1.82, 2.24) is 10.2 Å². The molecule has 2 aliphatic heterocycles. The van der Waals surface area contributed by atoms with E-state index in [1.807, 2.05) is 31.2 Å². The fourth-order valence-electron chi connectivity index (χ4n) is 3.49. The van der Waals surface area contributed by atoms with Crippen LogP contribution in [0.25, 0.3) is 0 Å². The Kier molecular flexibility index (Phi) is 3.56. The van der Waals surface area contributed by atoms with E-state index >= 15 is 0 Å². The molecule has 0 bridgehead atoms. The molecule has 102 valence electrons. The molecule has 0 unspecified atom stereocenters. The molecule has 3 heteroatoms. The van der Waals surface area contributed by atoms with Gasteiger partial charge in [-0.15, -0.1) is 0 Å². The summed E-state index contributed by atoms with van der Waals surface area (Å²) in [6.45, 7) is 4.35. The summed E-state index contributed by atoms with van der Waals surface area (Å²) in [6, 6.07) is 8.73. The zero-order chi connectivity index (χ0) is 13.2. The fraction of sp³-hybridized carbons (Fsp3) is 0.562. The number of fused-ring (bicyclic) bond motifs is 1.